The first-order valence-electron chi connectivity index (χ1n) is 11.2. The van der Waals surface area contributed by atoms with E-state index in [9.17, 15) is 13.6 Å². The molecule has 0 spiro atoms. The fraction of sp³-hybridized carbons (Fsp3) is 0.636. The lowest BCUT2D eigenvalue weighted by Gasteiger charge is -2.29. The molecule has 0 radical (unpaired) electrons. The second kappa shape index (κ2) is 10.0. The van der Waals surface area contributed by atoms with Crippen molar-refractivity contribution in [1.29, 1.82) is 0 Å². The van der Waals surface area contributed by atoms with Gasteiger partial charge in [0.2, 0.25) is 0 Å². The minimum atomic E-state index is -2.21. The van der Waals surface area contributed by atoms with Crippen LogP contribution in [0.1, 0.15) is 63.8 Å². The molecule has 1 saturated carbocycles. The highest BCUT2D eigenvalue weighted by atomic mass is 32.2. The zero-order valence-electron chi connectivity index (χ0n) is 17.4. The van der Waals surface area contributed by atoms with E-state index in [-0.39, 0.29) is 11.6 Å². The molecule has 2 heterocycles. The molecule has 1 aromatic heterocycles. The molecule has 1 aliphatic carbocycles. The van der Waals surface area contributed by atoms with Gasteiger partial charge in [-0.05, 0) is 44.1 Å². The summed E-state index contributed by atoms with van der Waals surface area (Å²) in [4.78, 5) is 15.5. The molecule has 30 heavy (non-hydrogen) atoms. The highest BCUT2D eigenvalue weighted by molar-refractivity contribution is 7.77. The Morgan fingerprint density at radius 1 is 1.07 bits per heavy atom. The molecular weight excluding hydrogens is 400 g/mol. The van der Waals surface area contributed by atoms with Gasteiger partial charge in [0.1, 0.15) is 0 Å². The molecule has 2 fully saturated rings. The van der Waals surface area contributed by atoms with Gasteiger partial charge in [0.25, 0.3) is 5.56 Å². The van der Waals surface area contributed by atoms with Crippen LogP contribution >= 0.6 is 0 Å². The van der Waals surface area contributed by atoms with Gasteiger partial charge in [0, 0.05) is 36.3 Å². The third kappa shape index (κ3) is 4.92. The number of hydrogen-bond donors (Lipinski definition) is 1. The van der Waals surface area contributed by atoms with Crippen molar-refractivity contribution in [3.8, 4) is 0 Å². The monoisotopic (exact) mass is 431 g/mol. The SMILES string of the molecule is O=c1c2ccccc2c(N2CCCCC(CCNS(=O)[O-])C2)nn1C1CCCCC1. The van der Waals surface area contributed by atoms with Crippen LogP contribution in [0.3, 0.4) is 0 Å². The molecule has 2 unspecified atom stereocenters. The summed E-state index contributed by atoms with van der Waals surface area (Å²) in [5, 5.41) is 6.62. The van der Waals surface area contributed by atoms with Crippen LogP contribution < -0.4 is 15.2 Å². The Balaban J connectivity index is 1.66. The Morgan fingerprint density at radius 3 is 2.57 bits per heavy atom. The molecule has 7 nitrogen and oxygen atoms in total. The van der Waals surface area contributed by atoms with Crippen LogP contribution in [0, 0.1) is 5.92 Å². The van der Waals surface area contributed by atoms with E-state index in [1.807, 2.05) is 24.3 Å². The van der Waals surface area contributed by atoms with Gasteiger partial charge in [-0.3, -0.25) is 9.00 Å². The van der Waals surface area contributed by atoms with Gasteiger partial charge in [-0.2, -0.15) is 5.10 Å². The molecular formula is C22H31N4O3S-. The molecule has 0 amide bonds. The zero-order valence-corrected chi connectivity index (χ0v) is 18.2. The van der Waals surface area contributed by atoms with Gasteiger partial charge in [-0.1, -0.05) is 43.9 Å². The minimum Gasteiger partial charge on any atom is -0.760 e. The Bertz CT molecular complexity index is 942. The van der Waals surface area contributed by atoms with Gasteiger partial charge >= 0.3 is 0 Å². The van der Waals surface area contributed by atoms with Crippen LogP contribution in [0.25, 0.3) is 10.8 Å². The number of anilines is 1. The summed E-state index contributed by atoms with van der Waals surface area (Å²) in [7, 11) is 0. The van der Waals surface area contributed by atoms with Crippen molar-refractivity contribution in [1.82, 2.24) is 14.5 Å². The van der Waals surface area contributed by atoms with Gasteiger partial charge in [-0.15, -0.1) is 0 Å². The molecule has 2 aromatic rings. The highest BCUT2D eigenvalue weighted by Gasteiger charge is 2.25. The predicted molar refractivity (Wildman–Crippen MR) is 119 cm³/mol. The highest BCUT2D eigenvalue weighted by Crippen LogP contribution is 2.31. The Kier molecular flexibility index (Phi) is 7.17. The van der Waals surface area contributed by atoms with E-state index in [1.54, 1.807) is 4.68 Å². The zero-order chi connectivity index (χ0) is 20.9. The molecule has 2 aliphatic rings. The summed E-state index contributed by atoms with van der Waals surface area (Å²) in [6.07, 6.45) is 9.69. The maximum Gasteiger partial charge on any atom is 0.275 e. The van der Waals surface area contributed by atoms with Crippen molar-refractivity contribution in [2.75, 3.05) is 24.5 Å². The first-order valence-corrected chi connectivity index (χ1v) is 12.3. The molecule has 1 aromatic carbocycles. The number of aromatic nitrogens is 2. The average Bonchev–Trinajstić information content (AvgIpc) is 3.00. The molecule has 1 aliphatic heterocycles. The van der Waals surface area contributed by atoms with Crippen molar-refractivity contribution in [3.05, 3.63) is 34.6 Å². The quantitative estimate of drug-likeness (QED) is 0.709. The van der Waals surface area contributed by atoms with Crippen LogP contribution in [-0.2, 0) is 11.3 Å². The van der Waals surface area contributed by atoms with Gasteiger partial charge in [0.05, 0.1) is 11.4 Å². The molecule has 1 saturated heterocycles. The number of nitrogens with zero attached hydrogens (tertiary/aromatic N) is 3. The number of fused-ring (bicyclic) bond motifs is 1. The maximum atomic E-state index is 13.2. The summed E-state index contributed by atoms with van der Waals surface area (Å²) in [5.74, 6) is 1.31. The standard InChI is InChI=1S/C22H32N4O3S/c27-22-20-12-5-4-11-19(20)21(24-26(22)18-9-2-1-3-10-18)25-15-7-6-8-17(16-25)13-14-23-30(28)29/h4-5,11-12,17-18,23H,1-3,6-10,13-16H2,(H,28,29)/p-1. The van der Waals surface area contributed by atoms with Crippen molar-refractivity contribution in [2.24, 2.45) is 5.92 Å². The number of nitrogens with one attached hydrogen (secondary N) is 1. The number of benzene rings is 1. The fourth-order valence-corrected chi connectivity index (χ4v) is 5.28. The summed E-state index contributed by atoms with van der Waals surface area (Å²) in [5.41, 5.74) is 0.0229. The van der Waals surface area contributed by atoms with E-state index in [4.69, 9.17) is 5.10 Å². The van der Waals surface area contributed by atoms with Gasteiger partial charge in [-0.25, -0.2) is 9.40 Å². The smallest absolute Gasteiger partial charge is 0.275 e. The normalized spacial score (nSPS) is 22.2. The third-order valence-corrected chi connectivity index (χ3v) is 7.01. The molecule has 1 N–H and O–H groups in total. The summed E-state index contributed by atoms with van der Waals surface area (Å²) >= 11 is -2.21. The van der Waals surface area contributed by atoms with Crippen molar-refractivity contribution < 1.29 is 8.76 Å². The predicted octanol–water partition coefficient (Wildman–Crippen LogP) is 3.28. The van der Waals surface area contributed by atoms with Crippen LogP contribution in [0.2, 0.25) is 0 Å². The minimum absolute atomic E-state index is 0.0229. The van der Waals surface area contributed by atoms with Crippen LogP contribution in [0.15, 0.2) is 29.1 Å². The lowest BCUT2D eigenvalue weighted by atomic mass is 9.95. The lowest BCUT2D eigenvalue weighted by molar-refractivity contribution is 0.320. The van der Waals surface area contributed by atoms with Crippen LogP contribution in [-0.4, -0.2) is 38.2 Å². The van der Waals surface area contributed by atoms with Crippen LogP contribution in [0.5, 0.6) is 0 Å². The topological polar surface area (TPSA) is 90.3 Å². The number of hydrogen-bond acceptors (Lipinski definition) is 5. The van der Waals surface area contributed by atoms with Crippen molar-refractivity contribution in [2.45, 2.75) is 63.8 Å². The fourth-order valence-electron chi connectivity index (χ4n) is 5.00. The van der Waals surface area contributed by atoms with Gasteiger partial charge < -0.3 is 9.45 Å². The molecule has 4 rings (SSSR count). The van der Waals surface area contributed by atoms with E-state index in [2.05, 4.69) is 9.62 Å². The molecule has 2 atom stereocenters. The number of rotatable bonds is 6. The Morgan fingerprint density at radius 2 is 1.80 bits per heavy atom. The second-order valence-electron chi connectivity index (χ2n) is 8.64. The first kappa shape index (κ1) is 21.5. The van der Waals surface area contributed by atoms with Crippen LogP contribution in [0.4, 0.5) is 5.82 Å². The Labute approximate surface area is 180 Å². The Hall–Kier alpha value is -1.77. The van der Waals surface area contributed by atoms with Crippen molar-refractivity contribution >= 4 is 27.9 Å². The van der Waals surface area contributed by atoms with E-state index < -0.39 is 11.3 Å². The largest absolute Gasteiger partial charge is 0.760 e. The molecule has 0 bridgehead atoms. The second-order valence-corrected chi connectivity index (χ2v) is 9.39. The summed E-state index contributed by atoms with van der Waals surface area (Å²) in [6, 6.07) is 8.02. The maximum absolute atomic E-state index is 13.2. The van der Waals surface area contributed by atoms with E-state index in [0.717, 1.165) is 81.0 Å². The van der Waals surface area contributed by atoms with E-state index in [1.165, 1.54) is 6.42 Å². The van der Waals surface area contributed by atoms with Gasteiger partial charge in [0.15, 0.2) is 5.82 Å². The average molecular weight is 432 g/mol. The first-order chi connectivity index (χ1) is 14.6. The lowest BCUT2D eigenvalue weighted by Crippen LogP contribution is -2.35. The van der Waals surface area contributed by atoms with Crippen molar-refractivity contribution in [3.63, 3.8) is 0 Å². The molecule has 164 valence electrons. The van der Waals surface area contributed by atoms with E-state index >= 15 is 0 Å². The summed E-state index contributed by atoms with van der Waals surface area (Å²) < 4.78 is 25.9. The summed E-state index contributed by atoms with van der Waals surface area (Å²) in [6.45, 7) is 2.22. The third-order valence-electron chi connectivity index (χ3n) is 6.57. The van der Waals surface area contributed by atoms with E-state index in [0.29, 0.717) is 12.5 Å². The molecule has 8 heteroatoms.